The minimum absolute atomic E-state index is 0.118. The second kappa shape index (κ2) is 9.66. The van der Waals surface area contributed by atoms with Crippen molar-refractivity contribution in [3.05, 3.63) is 73.0 Å². The molecule has 7 nitrogen and oxygen atoms in total. The topological polar surface area (TPSA) is 90.9 Å². The van der Waals surface area contributed by atoms with E-state index < -0.39 is 0 Å². The third-order valence-electron chi connectivity index (χ3n) is 3.77. The van der Waals surface area contributed by atoms with Gasteiger partial charge in [-0.25, -0.2) is 6.57 Å². The van der Waals surface area contributed by atoms with Crippen LogP contribution in [-0.2, 0) is 6.42 Å². The number of anilines is 4. The highest BCUT2D eigenvalue weighted by Crippen LogP contribution is 2.34. The highest BCUT2D eigenvalue weighted by molar-refractivity contribution is 9.11. The zero-order valence-corrected chi connectivity index (χ0v) is 18.7. The molecule has 0 saturated carbocycles. The predicted octanol–water partition coefficient (Wildman–Crippen LogP) is 5.87. The highest BCUT2D eigenvalue weighted by Gasteiger charge is 2.13. The third-order valence-corrected chi connectivity index (χ3v) is 5.28. The van der Waals surface area contributed by atoms with Gasteiger partial charge in [0.1, 0.15) is 0 Å². The summed E-state index contributed by atoms with van der Waals surface area (Å²) in [6, 6.07) is 12.8. The van der Waals surface area contributed by atoms with Crippen LogP contribution in [0.3, 0.4) is 0 Å². The second-order valence-corrected chi connectivity index (χ2v) is 7.85. The highest BCUT2D eigenvalue weighted by atomic mass is 79.9. The van der Waals surface area contributed by atoms with Crippen LogP contribution in [-0.4, -0.2) is 21.7 Å². The Morgan fingerprint density at radius 1 is 1.10 bits per heavy atom. The molecule has 0 spiro atoms. The molecule has 0 aliphatic rings. The van der Waals surface area contributed by atoms with Gasteiger partial charge in [-0.1, -0.05) is 11.6 Å². The van der Waals surface area contributed by atoms with E-state index in [1.54, 1.807) is 24.3 Å². The molecule has 0 radical (unpaired) electrons. The van der Waals surface area contributed by atoms with Gasteiger partial charge < -0.3 is 15.5 Å². The van der Waals surface area contributed by atoms with Gasteiger partial charge >= 0.3 is 0 Å². The number of nitrogens with one attached hydrogen (secondary N) is 2. The smallest absolute Gasteiger partial charge is 0.249 e. The van der Waals surface area contributed by atoms with E-state index in [1.807, 2.05) is 12.1 Å². The molecular formula is C19H12Br2ClN7. The van der Waals surface area contributed by atoms with Crippen LogP contribution in [0.4, 0.5) is 23.1 Å². The van der Waals surface area contributed by atoms with Crippen molar-refractivity contribution in [3.8, 4) is 6.07 Å². The van der Waals surface area contributed by atoms with Crippen LogP contribution >= 0.6 is 43.5 Å². The lowest BCUT2D eigenvalue weighted by Gasteiger charge is -2.12. The molecule has 0 aliphatic carbocycles. The fraction of sp³-hybridized carbons (Fsp3) is 0.105. The molecule has 0 fully saturated rings. The van der Waals surface area contributed by atoms with Crippen LogP contribution in [0.25, 0.3) is 4.85 Å². The quantitative estimate of drug-likeness (QED) is 0.385. The molecule has 2 N–H and O–H groups in total. The summed E-state index contributed by atoms with van der Waals surface area (Å²) in [4.78, 5) is 7.77. The minimum Gasteiger partial charge on any atom is -0.337 e. The number of nitrogens with zero attached hydrogens (tertiary/aromatic N) is 5. The molecule has 2 aromatic carbocycles. The van der Waals surface area contributed by atoms with Gasteiger partial charge in [0.25, 0.3) is 0 Å². The van der Waals surface area contributed by atoms with Crippen LogP contribution in [0.2, 0.25) is 5.15 Å². The third kappa shape index (κ3) is 5.42. The molecule has 0 saturated heterocycles. The monoisotopic (exact) mass is 531 g/mol. The average Bonchev–Trinajstić information content (AvgIpc) is 2.72. The van der Waals surface area contributed by atoms with Crippen molar-refractivity contribution in [2.45, 2.75) is 6.42 Å². The van der Waals surface area contributed by atoms with E-state index in [9.17, 15) is 0 Å². The molecule has 10 heteroatoms. The first-order chi connectivity index (χ1) is 14.0. The summed E-state index contributed by atoms with van der Waals surface area (Å²) in [5.41, 5.74) is 3.02. The molecule has 0 unspecified atom stereocenters. The molecule has 29 heavy (non-hydrogen) atoms. The number of rotatable bonds is 6. The Morgan fingerprint density at radius 2 is 1.79 bits per heavy atom. The summed E-state index contributed by atoms with van der Waals surface area (Å²) in [6.45, 7) is 7.35. The predicted molar refractivity (Wildman–Crippen MR) is 120 cm³/mol. The number of hydrogen-bond donors (Lipinski definition) is 2. The van der Waals surface area contributed by atoms with Gasteiger partial charge in [-0.3, -0.25) is 0 Å². The summed E-state index contributed by atoms with van der Waals surface area (Å²) in [5, 5.41) is 23.1. The Labute approximate surface area is 189 Å². The normalized spacial score (nSPS) is 10.1. The van der Waals surface area contributed by atoms with Crippen molar-refractivity contribution in [1.29, 1.82) is 5.26 Å². The maximum absolute atomic E-state index is 8.89. The van der Waals surface area contributed by atoms with Crippen molar-refractivity contribution in [3.63, 3.8) is 0 Å². The lowest BCUT2D eigenvalue weighted by molar-refractivity contribution is 0.982. The number of aromatic nitrogens is 3. The summed E-state index contributed by atoms with van der Waals surface area (Å²) in [6.07, 6.45) is 0.665. The van der Waals surface area contributed by atoms with Crippen molar-refractivity contribution in [2.24, 2.45) is 0 Å². The zero-order valence-electron chi connectivity index (χ0n) is 14.7. The number of halogens is 3. The molecule has 144 valence electrons. The first kappa shape index (κ1) is 21.0. The Kier molecular flexibility index (Phi) is 6.99. The van der Waals surface area contributed by atoms with E-state index in [2.05, 4.69) is 68.6 Å². The molecule has 3 rings (SSSR count). The summed E-state index contributed by atoms with van der Waals surface area (Å²) in [7, 11) is 0. The van der Waals surface area contributed by atoms with E-state index in [-0.39, 0.29) is 11.1 Å². The number of nitriles is 1. The minimum atomic E-state index is 0.118. The van der Waals surface area contributed by atoms with Crippen molar-refractivity contribution in [1.82, 2.24) is 15.2 Å². The average molecular weight is 534 g/mol. The fourth-order valence-electron chi connectivity index (χ4n) is 2.40. The molecule has 0 atom stereocenters. The Hall–Kier alpha value is -2.72. The molecule has 0 amide bonds. The lowest BCUT2D eigenvalue weighted by Crippen LogP contribution is -2.05. The van der Waals surface area contributed by atoms with Crippen molar-refractivity contribution in [2.75, 3.05) is 17.2 Å². The largest absolute Gasteiger partial charge is 0.337 e. The van der Waals surface area contributed by atoms with Gasteiger partial charge in [0, 0.05) is 21.1 Å². The number of hydrogen-bond acceptors (Lipinski definition) is 6. The van der Waals surface area contributed by atoms with E-state index in [1.165, 1.54) is 0 Å². The molecule has 0 bridgehead atoms. The standard InChI is InChI=1S/C19H12Br2ClN7/c1-24-7-6-12-8-14(20)16(15(21)9-12)26-19-27-18(17(22)28-29-19)25-13-4-2-11(10-23)3-5-13/h2-5,8-9H,6-7H2,(H2,25,26,27,29). The summed E-state index contributed by atoms with van der Waals surface area (Å²) in [5.74, 6) is 0.579. The van der Waals surface area contributed by atoms with Crippen LogP contribution in [0, 0.1) is 17.9 Å². The van der Waals surface area contributed by atoms with E-state index in [0.717, 1.165) is 20.2 Å². The van der Waals surface area contributed by atoms with E-state index >= 15 is 0 Å². The Bertz CT molecular complexity index is 1100. The lowest BCUT2D eigenvalue weighted by atomic mass is 10.1. The molecule has 0 aliphatic heterocycles. The van der Waals surface area contributed by atoms with Gasteiger partial charge in [-0.05, 0) is 73.8 Å². The Balaban J connectivity index is 1.83. The van der Waals surface area contributed by atoms with Gasteiger partial charge in [0.15, 0.2) is 11.0 Å². The SMILES string of the molecule is [C-]#[N+]CCc1cc(Br)c(Nc2nnc(Cl)c(Nc3ccc(C#N)cc3)n2)c(Br)c1. The van der Waals surface area contributed by atoms with Crippen LogP contribution < -0.4 is 10.6 Å². The molecular weight excluding hydrogens is 522 g/mol. The molecule has 1 heterocycles. The summed E-state index contributed by atoms with van der Waals surface area (Å²) >= 11 is 13.2. The van der Waals surface area contributed by atoms with E-state index in [4.69, 9.17) is 23.4 Å². The molecule has 3 aromatic rings. The van der Waals surface area contributed by atoms with Gasteiger partial charge in [0.05, 0.1) is 17.3 Å². The second-order valence-electron chi connectivity index (χ2n) is 5.78. The van der Waals surface area contributed by atoms with Crippen molar-refractivity contribution >= 4 is 66.6 Å². The zero-order chi connectivity index (χ0) is 20.8. The van der Waals surface area contributed by atoms with Gasteiger partial charge in [-0.2, -0.15) is 10.2 Å². The maximum atomic E-state index is 8.89. The van der Waals surface area contributed by atoms with Gasteiger partial charge in [0.2, 0.25) is 12.5 Å². The van der Waals surface area contributed by atoms with Crippen LogP contribution in [0.1, 0.15) is 11.1 Å². The van der Waals surface area contributed by atoms with Crippen LogP contribution in [0.15, 0.2) is 45.3 Å². The Morgan fingerprint density at radius 3 is 2.41 bits per heavy atom. The van der Waals surface area contributed by atoms with Crippen molar-refractivity contribution < 1.29 is 0 Å². The van der Waals surface area contributed by atoms with E-state index in [0.29, 0.717) is 30.0 Å². The number of benzene rings is 2. The molecule has 1 aromatic heterocycles. The first-order valence-corrected chi connectivity index (χ1v) is 10.2. The van der Waals surface area contributed by atoms with Gasteiger partial charge in [-0.15, -0.1) is 10.2 Å². The maximum Gasteiger partial charge on any atom is 0.249 e. The first-order valence-electron chi connectivity index (χ1n) is 8.25. The summed E-state index contributed by atoms with van der Waals surface area (Å²) < 4.78 is 1.60. The fourth-order valence-corrected chi connectivity index (χ4v) is 4.00. The van der Waals surface area contributed by atoms with Crippen LogP contribution in [0.5, 0.6) is 0 Å².